The van der Waals surface area contributed by atoms with Gasteiger partial charge in [0, 0.05) is 21.5 Å². The minimum absolute atomic E-state index is 0.0399. The Labute approximate surface area is 136 Å². The van der Waals surface area contributed by atoms with Gasteiger partial charge in [0.15, 0.2) is 0 Å². The zero-order valence-corrected chi connectivity index (χ0v) is 14.8. The Kier molecular flexibility index (Phi) is 4.25. The molecule has 0 radical (unpaired) electrons. The molecule has 1 aromatic rings. The number of hydrogen-bond donors (Lipinski definition) is 1. The molecule has 1 N–H and O–H groups in total. The van der Waals surface area contributed by atoms with Crippen LogP contribution in [0.15, 0.2) is 32.0 Å². The maximum atomic E-state index is 12.5. The highest BCUT2D eigenvalue weighted by atomic mass is 79.9. The van der Waals surface area contributed by atoms with E-state index in [4.69, 9.17) is 0 Å². The van der Waals surface area contributed by atoms with E-state index in [2.05, 4.69) is 41.5 Å². The van der Waals surface area contributed by atoms with Crippen LogP contribution >= 0.6 is 31.9 Å². The summed E-state index contributed by atoms with van der Waals surface area (Å²) in [4.78, 5) is 2.64. The average Bonchev–Trinajstić information content (AvgIpc) is 2.39. The third-order valence-corrected chi connectivity index (χ3v) is 7.11. The summed E-state index contributed by atoms with van der Waals surface area (Å²) in [7, 11) is -3.47. The van der Waals surface area contributed by atoms with Gasteiger partial charge in [-0.1, -0.05) is 15.9 Å². The molecule has 1 unspecified atom stereocenters. The summed E-state index contributed by atoms with van der Waals surface area (Å²) in [6.07, 6.45) is 2.18. The summed E-state index contributed by atoms with van der Waals surface area (Å²) >= 11 is 6.67. The maximum Gasteiger partial charge on any atom is 0.241 e. The zero-order valence-electron chi connectivity index (χ0n) is 10.9. The number of nitrogens with zero attached hydrogens (tertiary/aromatic N) is 1. The summed E-state index contributed by atoms with van der Waals surface area (Å²) in [6, 6.07) is 5.16. The van der Waals surface area contributed by atoms with Gasteiger partial charge < -0.3 is 4.90 Å². The highest BCUT2D eigenvalue weighted by Crippen LogP contribution is 2.30. The molecule has 0 aliphatic carbocycles. The molecule has 2 bridgehead atoms. The topological polar surface area (TPSA) is 49.4 Å². The van der Waals surface area contributed by atoms with Crippen molar-refractivity contribution in [3.63, 3.8) is 0 Å². The molecule has 7 heteroatoms. The lowest BCUT2D eigenvalue weighted by Crippen LogP contribution is -2.57. The number of benzene rings is 1. The first-order chi connectivity index (χ1) is 9.45. The van der Waals surface area contributed by atoms with Gasteiger partial charge in [0.1, 0.15) is 0 Å². The SMILES string of the molecule is O=S(=O)(NC1CN2CCC1CC2)c1ccc(Br)cc1Br. The molecule has 3 fully saturated rings. The minimum Gasteiger partial charge on any atom is -0.302 e. The smallest absolute Gasteiger partial charge is 0.241 e. The molecule has 3 saturated heterocycles. The molecule has 1 aromatic carbocycles. The first-order valence-corrected chi connectivity index (χ1v) is 9.72. The van der Waals surface area contributed by atoms with Crippen LogP contribution in [0.25, 0.3) is 0 Å². The molecule has 3 aliphatic rings. The second kappa shape index (κ2) is 5.68. The van der Waals surface area contributed by atoms with Crippen molar-refractivity contribution >= 4 is 41.9 Å². The van der Waals surface area contributed by atoms with Gasteiger partial charge in [-0.3, -0.25) is 0 Å². The molecule has 20 heavy (non-hydrogen) atoms. The fourth-order valence-corrected chi connectivity index (χ4v) is 6.10. The van der Waals surface area contributed by atoms with Crippen LogP contribution in [0.3, 0.4) is 0 Å². The van der Waals surface area contributed by atoms with Gasteiger partial charge in [-0.2, -0.15) is 0 Å². The Morgan fingerprint density at radius 3 is 2.45 bits per heavy atom. The zero-order chi connectivity index (χ0) is 14.3. The molecule has 1 atom stereocenters. The number of rotatable bonds is 3. The lowest BCUT2D eigenvalue weighted by atomic mass is 9.85. The second-order valence-electron chi connectivity index (χ2n) is 5.44. The molecule has 110 valence electrons. The van der Waals surface area contributed by atoms with Gasteiger partial charge in [0.2, 0.25) is 10.0 Å². The van der Waals surface area contributed by atoms with E-state index < -0.39 is 10.0 Å². The van der Waals surface area contributed by atoms with E-state index in [9.17, 15) is 8.42 Å². The second-order valence-corrected chi connectivity index (χ2v) is 8.89. The van der Waals surface area contributed by atoms with Crippen LogP contribution in [0.4, 0.5) is 0 Å². The van der Waals surface area contributed by atoms with E-state index in [0.29, 0.717) is 15.3 Å². The van der Waals surface area contributed by atoms with Gasteiger partial charge in [0.25, 0.3) is 0 Å². The molecule has 0 aromatic heterocycles. The summed E-state index contributed by atoms with van der Waals surface area (Å²) in [5, 5.41) is 0. The quantitative estimate of drug-likeness (QED) is 0.812. The van der Waals surface area contributed by atoms with Crippen molar-refractivity contribution in [2.75, 3.05) is 19.6 Å². The number of fused-ring (bicyclic) bond motifs is 3. The summed E-state index contributed by atoms with van der Waals surface area (Å²) in [5.74, 6) is 0.476. The van der Waals surface area contributed by atoms with Crippen LogP contribution in [0.5, 0.6) is 0 Å². The van der Waals surface area contributed by atoms with Crippen molar-refractivity contribution < 1.29 is 8.42 Å². The minimum atomic E-state index is -3.47. The molecule has 4 nitrogen and oxygen atoms in total. The maximum absolute atomic E-state index is 12.5. The number of hydrogen-bond acceptors (Lipinski definition) is 3. The summed E-state index contributed by atoms with van der Waals surface area (Å²) < 4.78 is 29.4. The molecule has 0 amide bonds. The van der Waals surface area contributed by atoms with E-state index in [-0.39, 0.29) is 6.04 Å². The Morgan fingerprint density at radius 2 is 1.90 bits per heavy atom. The Morgan fingerprint density at radius 1 is 1.20 bits per heavy atom. The molecule has 0 spiro atoms. The lowest BCUT2D eigenvalue weighted by molar-refractivity contribution is 0.0827. The Bertz CT molecular complexity index is 613. The standard InChI is InChI=1S/C13H16Br2N2O2S/c14-10-1-2-13(11(15)7-10)20(18,19)16-12-8-17-5-3-9(12)4-6-17/h1-2,7,9,12,16H,3-6,8H2. The molecular formula is C13H16Br2N2O2S. The number of halogens is 2. The number of nitrogens with one attached hydrogen (secondary N) is 1. The third-order valence-electron chi connectivity index (χ3n) is 4.15. The largest absolute Gasteiger partial charge is 0.302 e. The van der Waals surface area contributed by atoms with Gasteiger partial charge >= 0.3 is 0 Å². The van der Waals surface area contributed by atoms with Crippen molar-refractivity contribution in [3.8, 4) is 0 Å². The van der Waals surface area contributed by atoms with Gasteiger partial charge in [-0.15, -0.1) is 0 Å². The fraction of sp³-hybridized carbons (Fsp3) is 0.538. The average molecular weight is 424 g/mol. The monoisotopic (exact) mass is 422 g/mol. The predicted octanol–water partition coefficient (Wildman–Crippen LogP) is 2.58. The first kappa shape index (κ1) is 15.0. The van der Waals surface area contributed by atoms with Crippen LogP contribution < -0.4 is 4.72 Å². The molecule has 0 saturated carbocycles. The van der Waals surface area contributed by atoms with Crippen LogP contribution in [0.1, 0.15) is 12.8 Å². The van der Waals surface area contributed by atoms with E-state index >= 15 is 0 Å². The van der Waals surface area contributed by atoms with Gasteiger partial charge in [-0.05, 0) is 66.0 Å². The predicted molar refractivity (Wildman–Crippen MR) is 85.1 cm³/mol. The first-order valence-electron chi connectivity index (χ1n) is 6.65. The van der Waals surface area contributed by atoms with Crippen molar-refractivity contribution in [1.29, 1.82) is 0 Å². The summed E-state index contributed by atoms with van der Waals surface area (Å²) in [6.45, 7) is 3.04. The van der Waals surface area contributed by atoms with Crippen molar-refractivity contribution in [2.24, 2.45) is 5.92 Å². The van der Waals surface area contributed by atoms with E-state index in [1.54, 1.807) is 18.2 Å². The lowest BCUT2D eigenvalue weighted by Gasteiger charge is -2.44. The normalized spacial score (nSPS) is 29.6. The van der Waals surface area contributed by atoms with Crippen LogP contribution in [0, 0.1) is 5.92 Å². The molecule has 3 heterocycles. The Hall–Kier alpha value is 0.0500. The van der Waals surface area contributed by atoms with Crippen molar-refractivity contribution in [1.82, 2.24) is 9.62 Å². The highest BCUT2D eigenvalue weighted by molar-refractivity contribution is 9.11. The molecule has 3 aliphatic heterocycles. The summed E-state index contributed by atoms with van der Waals surface area (Å²) in [5.41, 5.74) is 0. The van der Waals surface area contributed by atoms with E-state index in [1.807, 2.05) is 0 Å². The van der Waals surface area contributed by atoms with Gasteiger partial charge in [-0.25, -0.2) is 13.1 Å². The van der Waals surface area contributed by atoms with Crippen molar-refractivity contribution in [3.05, 3.63) is 27.1 Å². The van der Waals surface area contributed by atoms with Crippen molar-refractivity contribution in [2.45, 2.75) is 23.8 Å². The number of sulfonamides is 1. The fourth-order valence-electron chi connectivity index (χ4n) is 3.05. The Balaban J connectivity index is 1.82. The number of piperidine rings is 3. The van der Waals surface area contributed by atoms with E-state index in [0.717, 1.165) is 36.9 Å². The third kappa shape index (κ3) is 2.97. The highest BCUT2D eigenvalue weighted by Gasteiger charge is 2.36. The van der Waals surface area contributed by atoms with Crippen LogP contribution in [-0.2, 0) is 10.0 Å². The molecular weight excluding hydrogens is 408 g/mol. The van der Waals surface area contributed by atoms with Crippen LogP contribution in [-0.4, -0.2) is 39.0 Å². The van der Waals surface area contributed by atoms with Crippen LogP contribution in [0.2, 0.25) is 0 Å². The molecule has 4 rings (SSSR count). The van der Waals surface area contributed by atoms with E-state index in [1.165, 1.54) is 0 Å². The van der Waals surface area contributed by atoms with Gasteiger partial charge in [0.05, 0.1) is 4.90 Å².